The van der Waals surface area contributed by atoms with Gasteiger partial charge in [-0.1, -0.05) is 37.9 Å². The molecule has 0 amide bonds. The number of nitrogens with zero attached hydrogens (tertiary/aromatic N) is 1. The van der Waals surface area contributed by atoms with Crippen LogP contribution in [0.1, 0.15) is 38.3 Å². The zero-order valence-electron chi connectivity index (χ0n) is 8.38. The molecule has 1 rings (SSSR count). The van der Waals surface area contributed by atoms with Gasteiger partial charge in [-0.25, -0.2) is 4.98 Å². The first-order chi connectivity index (χ1) is 6.33. The van der Waals surface area contributed by atoms with E-state index in [0.29, 0.717) is 0 Å². The topological polar surface area (TPSA) is 26.0 Å². The third-order valence-electron chi connectivity index (χ3n) is 1.82. The van der Waals surface area contributed by atoms with E-state index < -0.39 is 0 Å². The second-order valence-electron chi connectivity index (χ2n) is 3.16. The summed E-state index contributed by atoms with van der Waals surface area (Å²) in [5, 5.41) is 0.814. The highest BCUT2D eigenvalue weighted by molar-refractivity contribution is 7.99. The maximum Gasteiger partial charge on any atom is 0.255 e. The van der Waals surface area contributed by atoms with Crippen molar-refractivity contribution in [1.82, 2.24) is 4.98 Å². The minimum absolute atomic E-state index is 0.814. The quantitative estimate of drug-likeness (QED) is 0.516. The fourth-order valence-electron chi connectivity index (χ4n) is 1.09. The molecule has 0 saturated heterocycles. The Morgan fingerprint density at radius 3 is 2.85 bits per heavy atom. The van der Waals surface area contributed by atoms with Crippen LogP contribution in [0.5, 0.6) is 0 Å². The molecule has 0 aliphatic carbocycles. The lowest BCUT2D eigenvalue weighted by Crippen LogP contribution is -1.81. The summed E-state index contributed by atoms with van der Waals surface area (Å²) in [7, 11) is 0. The van der Waals surface area contributed by atoms with E-state index in [1.54, 1.807) is 18.0 Å². The fourth-order valence-corrected chi connectivity index (χ4v) is 1.93. The van der Waals surface area contributed by atoms with Gasteiger partial charge in [0.25, 0.3) is 5.22 Å². The molecule has 0 unspecified atom stereocenters. The predicted molar refractivity (Wildman–Crippen MR) is 56.1 cm³/mol. The van der Waals surface area contributed by atoms with Gasteiger partial charge in [0.05, 0.1) is 5.69 Å². The van der Waals surface area contributed by atoms with Crippen LogP contribution in [0.3, 0.4) is 0 Å². The van der Waals surface area contributed by atoms with E-state index in [9.17, 15) is 0 Å². The molecule has 74 valence electrons. The molecule has 0 saturated carbocycles. The van der Waals surface area contributed by atoms with Gasteiger partial charge in [0, 0.05) is 5.75 Å². The summed E-state index contributed by atoms with van der Waals surface area (Å²) >= 11 is 1.71. The zero-order valence-corrected chi connectivity index (χ0v) is 9.19. The number of unbranched alkanes of at least 4 members (excludes halogenated alkanes) is 3. The molecule has 13 heavy (non-hydrogen) atoms. The second kappa shape index (κ2) is 6.08. The Kier molecular flexibility index (Phi) is 4.98. The number of aromatic nitrogens is 1. The van der Waals surface area contributed by atoms with Gasteiger partial charge >= 0.3 is 0 Å². The van der Waals surface area contributed by atoms with Crippen molar-refractivity contribution in [3.8, 4) is 0 Å². The minimum Gasteiger partial charge on any atom is -0.440 e. The highest BCUT2D eigenvalue weighted by Gasteiger charge is 1.99. The third kappa shape index (κ3) is 4.36. The summed E-state index contributed by atoms with van der Waals surface area (Å²) < 4.78 is 5.22. The van der Waals surface area contributed by atoms with E-state index in [-0.39, 0.29) is 0 Å². The van der Waals surface area contributed by atoms with Crippen LogP contribution in [0.4, 0.5) is 0 Å². The SMILES string of the molecule is CCCCCCSc1nc(C)co1. The van der Waals surface area contributed by atoms with E-state index in [1.165, 1.54) is 25.7 Å². The minimum atomic E-state index is 0.814. The summed E-state index contributed by atoms with van der Waals surface area (Å²) in [6, 6.07) is 0. The fraction of sp³-hybridized carbons (Fsp3) is 0.700. The summed E-state index contributed by atoms with van der Waals surface area (Å²) in [6.07, 6.45) is 6.92. The molecule has 1 aromatic rings. The van der Waals surface area contributed by atoms with E-state index in [0.717, 1.165) is 16.7 Å². The van der Waals surface area contributed by atoms with Crippen molar-refractivity contribution in [2.75, 3.05) is 5.75 Å². The van der Waals surface area contributed by atoms with Gasteiger partial charge in [0.2, 0.25) is 0 Å². The van der Waals surface area contributed by atoms with Crippen LogP contribution >= 0.6 is 11.8 Å². The smallest absolute Gasteiger partial charge is 0.255 e. The number of rotatable bonds is 6. The summed E-state index contributed by atoms with van der Waals surface area (Å²) in [4.78, 5) is 4.22. The molecule has 0 aliphatic heterocycles. The highest BCUT2D eigenvalue weighted by atomic mass is 32.2. The molecular formula is C10H17NOS. The average molecular weight is 199 g/mol. The van der Waals surface area contributed by atoms with Crippen molar-refractivity contribution in [2.45, 2.75) is 44.8 Å². The molecule has 0 radical (unpaired) electrons. The molecule has 0 N–H and O–H groups in total. The van der Waals surface area contributed by atoms with Crippen molar-refractivity contribution in [3.63, 3.8) is 0 Å². The first-order valence-electron chi connectivity index (χ1n) is 4.88. The molecule has 0 bridgehead atoms. The van der Waals surface area contributed by atoms with Gasteiger partial charge < -0.3 is 4.42 Å². The standard InChI is InChI=1S/C10H17NOS/c1-3-4-5-6-7-13-10-11-9(2)8-12-10/h8H,3-7H2,1-2H3. The first-order valence-corrected chi connectivity index (χ1v) is 5.86. The number of hydrogen-bond donors (Lipinski definition) is 0. The monoisotopic (exact) mass is 199 g/mol. The Morgan fingerprint density at radius 2 is 2.23 bits per heavy atom. The zero-order chi connectivity index (χ0) is 9.52. The van der Waals surface area contributed by atoms with Crippen LogP contribution in [0.25, 0.3) is 0 Å². The maximum absolute atomic E-state index is 5.22. The summed E-state index contributed by atoms with van der Waals surface area (Å²) in [6.45, 7) is 4.18. The normalized spacial score (nSPS) is 10.6. The molecule has 1 aromatic heterocycles. The lowest BCUT2D eigenvalue weighted by molar-refractivity contribution is 0.454. The Hall–Kier alpha value is -0.440. The molecule has 0 fully saturated rings. The van der Waals surface area contributed by atoms with Crippen LogP contribution in [0, 0.1) is 6.92 Å². The molecule has 2 nitrogen and oxygen atoms in total. The van der Waals surface area contributed by atoms with Crippen molar-refractivity contribution in [3.05, 3.63) is 12.0 Å². The number of aryl methyl sites for hydroxylation is 1. The third-order valence-corrected chi connectivity index (χ3v) is 2.75. The molecule has 0 spiro atoms. The van der Waals surface area contributed by atoms with Crippen molar-refractivity contribution >= 4 is 11.8 Å². The largest absolute Gasteiger partial charge is 0.440 e. The second-order valence-corrected chi connectivity index (χ2v) is 4.21. The van der Waals surface area contributed by atoms with Gasteiger partial charge in [-0.05, 0) is 13.3 Å². The maximum atomic E-state index is 5.22. The molecule has 0 aromatic carbocycles. The number of thioether (sulfide) groups is 1. The van der Waals surface area contributed by atoms with E-state index in [2.05, 4.69) is 11.9 Å². The van der Waals surface area contributed by atoms with Gasteiger partial charge in [-0.15, -0.1) is 0 Å². The van der Waals surface area contributed by atoms with Crippen molar-refractivity contribution < 1.29 is 4.42 Å². The lowest BCUT2D eigenvalue weighted by atomic mass is 10.2. The van der Waals surface area contributed by atoms with Gasteiger partial charge in [-0.3, -0.25) is 0 Å². The van der Waals surface area contributed by atoms with Crippen LogP contribution in [-0.2, 0) is 0 Å². The molecular weight excluding hydrogens is 182 g/mol. The van der Waals surface area contributed by atoms with Crippen LogP contribution < -0.4 is 0 Å². The Balaban J connectivity index is 2.06. The summed E-state index contributed by atoms with van der Waals surface area (Å²) in [5.41, 5.74) is 0.969. The predicted octanol–water partition coefficient (Wildman–Crippen LogP) is 3.66. The Labute approximate surface area is 84.1 Å². The van der Waals surface area contributed by atoms with Gasteiger partial charge in [-0.2, -0.15) is 0 Å². The summed E-state index contributed by atoms with van der Waals surface area (Å²) in [5.74, 6) is 1.12. The molecule has 0 atom stereocenters. The van der Waals surface area contributed by atoms with Crippen molar-refractivity contribution in [2.24, 2.45) is 0 Å². The number of hydrogen-bond acceptors (Lipinski definition) is 3. The molecule has 1 heterocycles. The number of oxazole rings is 1. The van der Waals surface area contributed by atoms with Crippen molar-refractivity contribution in [1.29, 1.82) is 0 Å². The Morgan fingerprint density at radius 1 is 1.38 bits per heavy atom. The van der Waals surface area contributed by atoms with Crippen LogP contribution in [0.15, 0.2) is 15.9 Å². The van der Waals surface area contributed by atoms with E-state index in [1.807, 2.05) is 6.92 Å². The van der Waals surface area contributed by atoms with E-state index >= 15 is 0 Å². The lowest BCUT2D eigenvalue weighted by Gasteiger charge is -1.96. The van der Waals surface area contributed by atoms with Crippen LogP contribution in [-0.4, -0.2) is 10.7 Å². The van der Waals surface area contributed by atoms with Gasteiger partial charge in [0.15, 0.2) is 0 Å². The van der Waals surface area contributed by atoms with E-state index in [4.69, 9.17) is 4.42 Å². The average Bonchev–Trinajstić information content (AvgIpc) is 2.51. The highest BCUT2D eigenvalue weighted by Crippen LogP contribution is 2.18. The molecule has 3 heteroatoms. The van der Waals surface area contributed by atoms with Gasteiger partial charge in [0.1, 0.15) is 6.26 Å². The first kappa shape index (κ1) is 10.6. The molecule has 0 aliphatic rings. The van der Waals surface area contributed by atoms with Crippen LogP contribution in [0.2, 0.25) is 0 Å². The Bertz CT molecular complexity index is 235.